The monoisotopic (exact) mass is 432 g/mol. The van der Waals surface area contributed by atoms with Crippen molar-refractivity contribution in [2.75, 3.05) is 37.4 Å². The number of ether oxygens (including phenoxy) is 2. The van der Waals surface area contributed by atoms with E-state index in [-0.39, 0.29) is 11.7 Å². The van der Waals surface area contributed by atoms with Crippen LogP contribution in [0.15, 0.2) is 33.9 Å². The number of methoxy groups -OCH3 is 1. The largest absolute Gasteiger partial charge is 0.492 e. The highest BCUT2D eigenvalue weighted by molar-refractivity contribution is 5.89. The van der Waals surface area contributed by atoms with E-state index in [1.807, 2.05) is 18.7 Å². The molecule has 0 aliphatic heterocycles. The predicted octanol–water partition coefficient (Wildman–Crippen LogP) is 2.25. The molecule has 0 aliphatic rings. The van der Waals surface area contributed by atoms with Crippen LogP contribution in [0.4, 0.5) is 11.5 Å². The summed E-state index contributed by atoms with van der Waals surface area (Å²) in [6.07, 6.45) is 1.80. The van der Waals surface area contributed by atoms with Gasteiger partial charge in [0.15, 0.2) is 0 Å². The van der Waals surface area contributed by atoms with Crippen molar-refractivity contribution in [2.45, 2.75) is 40.2 Å². The Morgan fingerprint density at radius 1 is 1.19 bits per heavy atom. The van der Waals surface area contributed by atoms with Crippen molar-refractivity contribution in [3.8, 4) is 5.75 Å². The van der Waals surface area contributed by atoms with Gasteiger partial charge >= 0.3 is 11.7 Å². The summed E-state index contributed by atoms with van der Waals surface area (Å²) in [4.78, 5) is 40.6. The third-order valence-electron chi connectivity index (χ3n) is 4.76. The number of rotatable bonds is 11. The van der Waals surface area contributed by atoms with E-state index in [1.54, 1.807) is 24.3 Å². The molecular formula is C22H32N4O5. The molecule has 1 aromatic heterocycles. The quantitative estimate of drug-likeness (QED) is 0.523. The Bertz CT molecular complexity index is 979. The van der Waals surface area contributed by atoms with Gasteiger partial charge in [-0.05, 0) is 36.6 Å². The second-order valence-electron chi connectivity index (χ2n) is 7.70. The summed E-state index contributed by atoms with van der Waals surface area (Å²) in [6, 6.07) is 6.63. The number of nitrogens with two attached hydrogens (primary N) is 1. The lowest BCUT2D eigenvalue weighted by Gasteiger charge is -2.26. The van der Waals surface area contributed by atoms with Crippen molar-refractivity contribution >= 4 is 17.5 Å². The molecule has 9 heteroatoms. The number of nitrogens with zero attached hydrogens (tertiary/aromatic N) is 2. The highest BCUT2D eigenvalue weighted by Gasteiger charge is 2.19. The number of carbonyl (C=O) groups excluding carboxylic acids is 1. The molecule has 9 nitrogen and oxygen atoms in total. The Balaban J connectivity index is 2.19. The minimum Gasteiger partial charge on any atom is -0.492 e. The highest BCUT2D eigenvalue weighted by atomic mass is 16.5. The summed E-state index contributed by atoms with van der Waals surface area (Å²) in [5.41, 5.74) is 5.99. The fourth-order valence-electron chi connectivity index (χ4n) is 3.19. The first-order chi connectivity index (χ1) is 14.8. The average molecular weight is 433 g/mol. The van der Waals surface area contributed by atoms with Crippen LogP contribution in [0, 0.1) is 5.92 Å². The number of aromatic nitrogens is 2. The van der Waals surface area contributed by atoms with Crippen molar-refractivity contribution < 1.29 is 14.3 Å². The first kappa shape index (κ1) is 24.0. The molecule has 2 aromatic rings. The summed E-state index contributed by atoms with van der Waals surface area (Å²) >= 11 is 0. The number of nitrogens with one attached hydrogen (secondary N) is 1. The summed E-state index contributed by atoms with van der Waals surface area (Å²) in [7, 11) is 1.33. The molecule has 0 bridgehead atoms. The van der Waals surface area contributed by atoms with Crippen LogP contribution in [-0.4, -0.2) is 42.3 Å². The molecule has 3 N–H and O–H groups in total. The number of nitrogen functional groups attached to an aromatic ring is 1. The summed E-state index contributed by atoms with van der Waals surface area (Å²) < 4.78 is 11.9. The minimum atomic E-state index is -0.502. The molecule has 0 unspecified atom stereocenters. The van der Waals surface area contributed by atoms with Crippen LogP contribution in [0.25, 0.3) is 0 Å². The molecule has 0 radical (unpaired) electrons. The van der Waals surface area contributed by atoms with Crippen LogP contribution < -0.4 is 26.6 Å². The number of carbonyl (C=O) groups is 1. The first-order valence-electron chi connectivity index (χ1n) is 10.5. The molecule has 1 aromatic carbocycles. The molecule has 0 fully saturated rings. The van der Waals surface area contributed by atoms with Gasteiger partial charge in [0, 0.05) is 13.1 Å². The summed E-state index contributed by atoms with van der Waals surface area (Å²) in [6.45, 7) is 7.74. The third kappa shape index (κ3) is 6.37. The first-order valence-corrected chi connectivity index (χ1v) is 10.5. The van der Waals surface area contributed by atoms with Crippen LogP contribution in [0.3, 0.4) is 0 Å². The number of hydrogen-bond acceptors (Lipinski definition) is 7. The van der Waals surface area contributed by atoms with E-state index < -0.39 is 17.2 Å². The fraction of sp³-hybridized carbons (Fsp3) is 0.500. The van der Waals surface area contributed by atoms with Crippen molar-refractivity contribution in [1.82, 2.24) is 9.55 Å². The molecule has 0 atom stereocenters. The number of benzene rings is 1. The van der Waals surface area contributed by atoms with Crippen LogP contribution >= 0.6 is 0 Å². The highest BCUT2D eigenvalue weighted by Crippen LogP contribution is 2.19. The second kappa shape index (κ2) is 11.2. The fourth-order valence-corrected chi connectivity index (χ4v) is 3.19. The van der Waals surface area contributed by atoms with Crippen LogP contribution in [0.5, 0.6) is 5.75 Å². The maximum atomic E-state index is 12.6. The van der Waals surface area contributed by atoms with Gasteiger partial charge in [-0.3, -0.25) is 14.3 Å². The zero-order chi connectivity index (χ0) is 23.0. The minimum absolute atomic E-state index is 0.168. The molecule has 0 saturated heterocycles. The number of hydrogen-bond donors (Lipinski definition) is 2. The van der Waals surface area contributed by atoms with E-state index in [0.29, 0.717) is 43.2 Å². The standard InChI is InChI=1S/C22H32N4O5/c1-5-6-11-25(12-13-31-17-9-7-16(8-10-17)21(28)30-4)18-19(23)26(14-15(2)3)22(29)24-20(18)27/h7-10,15H,5-6,11-14,23H2,1-4H3,(H,24,27,29). The van der Waals surface area contributed by atoms with Gasteiger partial charge < -0.3 is 20.1 Å². The Morgan fingerprint density at radius 3 is 2.45 bits per heavy atom. The topological polar surface area (TPSA) is 120 Å². The predicted molar refractivity (Wildman–Crippen MR) is 121 cm³/mol. The lowest BCUT2D eigenvalue weighted by Crippen LogP contribution is -2.40. The summed E-state index contributed by atoms with van der Waals surface area (Å²) in [5, 5.41) is 0. The molecular weight excluding hydrogens is 400 g/mol. The Kier molecular flexibility index (Phi) is 8.72. The van der Waals surface area contributed by atoms with Crippen molar-refractivity contribution in [3.63, 3.8) is 0 Å². The number of esters is 1. The maximum Gasteiger partial charge on any atom is 0.337 e. The number of unbranched alkanes of at least 4 members (excludes halogenated alkanes) is 1. The van der Waals surface area contributed by atoms with E-state index in [2.05, 4.69) is 16.6 Å². The van der Waals surface area contributed by atoms with E-state index in [9.17, 15) is 14.4 Å². The SMILES string of the molecule is CCCCN(CCOc1ccc(C(=O)OC)cc1)c1c(N)n(CC(C)C)c(=O)[nH]c1=O. The number of aromatic amines is 1. The van der Waals surface area contributed by atoms with Crippen molar-refractivity contribution in [2.24, 2.45) is 5.92 Å². The van der Waals surface area contributed by atoms with Crippen molar-refractivity contribution in [1.29, 1.82) is 0 Å². The second-order valence-corrected chi connectivity index (χ2v) is 7.70. The van der Waals surface area contributed by atoms with Gasteiger partial charge in [0.05, 0.1) is 19.2 Å². The maximum absolute atomic E-state index is 12.6. The molecule has 0 amide bonds. The van der Waals surface area contributed by atoms with Gasteiger partial charge in [0.2, 0.25) is 0 Å². The molecule has 0 aliphatic carbocycles. The van der Waals surface area contributed by atoms with E-state index >= 15 is 0 Å². The normalized spacial score (nSPS) is 10.9. The van der Waals surface area contributed by atoms with Crippen LogP contribution in [0.1, 0.15) is 44.0 Å². The molecule has 170 valence electrons. The molecule has 0 saturated carbocycles. The zero-order valence-electron chi connectivity index (χ0n) is 18.6. The lowest BCUT2D eigenvalue weighted by molar-refractivity contribution is 0.0600. The third-order valence-corrected chi connectivity index (χ3v) is 4.76. The average Bonchev–Trinajstić information content (AvgIpc) is 2.74. The van der Waals surface area contributed by atoms with Gasteiger partial charge in [-0.1, -0.05) is 27.2 Å². The molecule has 0 spiro atoms. The Labute approximate surface area is 181 Å². The molecule has 1 heterocycles. The Hall–Kier alpha value is -3.23. The van der Waals surface area contributed by atoms with E-state index in [4.69, 9.17) is 10.5 Å². The lowest BCUT2D eigenvalue weighted by atomic mass is 10.2. The van der Waals surface area contributed by atoms with Gasteiger partial charge in [0.1, 0.15) is 23.9 Å². The van der Waals surface area contributed by atoms with Gasteiger partial charge in [-0.25, -0.2) is 9.59 Å². The van der Waals surface area contributed by atoms with Crippen molar-refractivity contribution in [3.05, 3.63) is 50.7 Å². The smallest absolute Gasteiger partial charge is 0.337 e. The molecule has 2 rings (SSSR count). The van der Waals surface area contributed by atoms with Gasteiger partial charge in [-0.2, -0.15) is 0 Å². The van der Waals surface area contributed by atoms with E-state index in [1.165, 1.54) is 11.7 Å². The zero-order valence-corrected chi connectivity index (χ0v) is 18.6. The van der Waals surface area contributed by atoms with Gasteiger partial charge in [0.25, 0.3) is 5.56 Å². The number of anilines is 2. The van der Waals surface area contributed by atoms with Crippen LogP contribution in [-0.2, 0) is 11.3 Å². The summed E-state index contributed by atoms with van der Waals surface area (Å²) in [5.74, 6) is 0.540. The molecule has 31 heavy (non-hydrogen) atoms. The van der Waals surface area contributed by atoms with E-state index in [0.717, 1.165) is 12.8 Å². The van der Waals surface area contributed by atoms with Gasteiger partial charge in [-0.15, -0.1) is 0 Å². The van der Waals surface area contributed by atoms with Crippen LogP contribution in [0.2, 0.25) is 0 Å². The Morgan fingerprint density at radius 2 is 1.87 bits per heavy atom. The number of H-pyrrole nitrogens is 1.